The van der Waals surface area contributed by atoms with E-state index in [9.17, 15) is 14.0 Å². The van der Waals surface area contributed by atoms with Crippen LogP contribution in [0, 0.1) is 12.7 Å². The second-order valence-electron chi connectivity index (χ2n) is 8.11. The number of pyridine rings is 1. The predicted molar refractivity (Wildman–Crippen MR) is 138 cm³/mol. The van der Waals surface area contributed by atoms with E-state index in [1.165, 1.54) is 23.5 Å². The number of hydrogen-bond acceptors (Lipinski definition) is 6. The summed E-state index contributed by atoms with van der Waals surface area (Å²) in [5, 5.41) is 5.54. The summed E-state index contributed by atoms with van der Waals surface area (Å²) in [6.07, 6.45) is 0. The van der Waals surface area contributed by atoms with Crippen molar-refractivity contribution >= 4 is 39.2 Å². The topological polar surface area (TPSA) is 81.2 Å². The minimum absolute atomic E-state index is 0.267. The lowest BCUT2D eigenvalue weighted by molar-refractivity contribution is -0.119. The lowest BCUT2D eigenvalue weighted by Gasteiger charge is -2.10. The van der Waals surface area contributed by atoms with Crippen molar-refractivity contribution in [1.82, 2.24) is 9.97 Å². The van der Waals surface area contributed by atoms with Gasteiger partial charge in [0, 0.05) is 21.9 Å². The van der Waals surface area contributed by atoms with Gasteiger partial charge in [0.05, 0.1) is 22.5 Å². The highest BCUT2D eigenvalue weighted by Crippen LogP contribution is 2.27. The van der Waals surface area contributed by atoms with Gasteiger partial charge in [-0.25, -0.2) is 19.2 Å². The molecule has 0 saturated heterocycles. The highest BCUT2D eigenvalue weighted by Gasteiger charge is 2.17. The Labute approximate surface area is 210 Å². The summed E-state index contributed by atoms with van der Waals surface area (Å²) in [4.78, 5) is 34.4. The first-order chi connectivity index (χ1) is 17.5. The predicted octanol–water partition coefficient (Wildman–Crippen LogP) is 6.27. The first-order valence-corrected chi connectivity index (χ1v) is 12.0. The SMILES string of the molecule is Cc1ccc(-c2csc(NC(=O)COC(=O)c3cc(-c4ccc(F)cc4)nc4ccccc34)n2)cc1. The molecule has 5 aromatic rings. The average molecular weight is 498 g/mol. The van der Waals surface area contributed by atoms with E-state index in [4.69, 9.17) is 4.74 Å². The maximum absolute atomic E-state index is 13.4. The third kappa shape index (κ3) is 5.13. The van der Waals surface area contributed by atoms with E-state index in [0.29, 0.717) is 27.3 Å². The van der Waals surface area contributed by atoms with Crippen molar-refractivity contribution in [1.29, 1.82) is 0 Å². The van der Waals surface area contributed by atoms with Crippen LogP contribution in [0.3, 0.4) is 0 Å². The van der Waals surface area contributed by atoms with Gasteiger partial charge in [-0.2, -0.15) is 0 Å². The van der Waals surface area contributed by atoms with Gasteiger partial charge in [-0.3, -0.25) is 10.1 Å². The second kappa shape index (κ2) is 10.1. The van der Waals surface area contributed by atoms with Crippen LogP contribution >= 0.6 is 11.3 Å². The molecule has 5 rings (SSSR count). The summed E-state index contributed by atoms with van der Waals surface area (Å²) in [6, 6.07) is 22.5. The van der Waals surface area contributed by atoms with Crippen molar-refractivity contribution in [3.05, 3.63) is 101 Å². The molecule has 3 aromatic carbocycles. The summed E-state index contributed by atoms with van der Waals surface area (Å²) in [6.45, 7) is 1.54. The third-order valence-corrected chi connectivity index (χ3v) is 6.27. The highest BCUT2D eigenvalue weighted by atomic mass is 32.1. The van der Waals surface area contributed by atoms with Crippen LogP contribution in [-0.4, -0.2) is 28.5 Å². The van der Waals surface area contributed by atoms with Crippen LogP contribution in [0.2, 0.25) is 0 Å². The fourth-order valence-electron chi connectivity index (χ4n) is 3.67. The Balaban J connectivity index is 1.30. The molecular weight excluding hydrogens is 477 g/mol. The van der Waals surface area contributed by atoms with Gasteiger partial charge in [0.25, 0.3) is 5.91 Å². The largest absolute Gasteiger partial charge is 0.452 e. The second-order valence-corrected chi connectivity index (χ2v) is 8.97. The van der Waals surface area contributed by atoms with Crippen LogP contribution < -0.4 is 5.32 Å². The third-order valence-electron chi connectivity index (χ3n) is 5.51. The highest BCUT2D eigenvalue weighted by molar-refractivity contribution is 7.14. The maximum atomic E-state index is 13.4. The number of fused-ring (bicyclic) bond motifs is 1. The van der Waals surface area contributed by atoms with Crippen LogP contribution in [0.1, 0.15) is 15.9 Å². The summed E-state index contributed by atoms with van der Waals surface area (Å²) in [7, 11) is 0. The molecule has 0 atom stereocenters. The molecule has 0 saturated carbocycles. The molecule has 2 aromatic heterocycles. The van der Waals surface area contributed by atoms with E-state index < -0.39 is 18.5 Å². The fourth-order valence-corrected chi connectivity index (χ4v) is 4.40. The first-order valence-electron chi connectivity index (χ1n) is 11.1. The fraction of sp³-hybridized carbons (Fsp3) is 0.0714. The van der Waals surface area contributed by atoms with Gasteiger partial charge in [0.15, 0.2) is 11.7 Å². The molecule has 8 heteroatoms. The molecule has 0 spiro atoms. The van der Waals surface area contributed by atoms with Crippen LogP contribution in [-0.2, 0) is 9.53 Å². The van der Waals surface area contributed by atoms with E-state index in [-0.39, 0.29) is 11.4 Å². The number of nitrogens with zero attached hydrogens (tertiary/aromatic N) is 2. The molecule has 6 nitrogen and oxygen atoms in total. The lowest BCUT2D eigenvalue weighted by atomic mass is 10.0. The lowest BCUT2D eigenvalue weighted by Crippen LogP contribution is -2.21. The maximum Gasteiger partial charge on any atom is 0.339 e. The summed E-state index contributed by atoms with van der Waals surface area (Å²) in [5.41, 5.74) is 4.86. The van der Waals surface area contributed by atoms with Gasteiger partial charge < -0.3 is 4.74 Å². The van der Waals surface area contributed by atoms with E-state index >= 15 is 0 Å². The molecule has 0 radical (unpaired) electrons. The number of ether oxygens (including phenoxy) is 1. The van der Waals surface area contributed by atoms with Gasteiger partial charge >= 0.3 is 5.97 Å². The summed E-state index contributed by atoms with van der Waals surface area (Å²) < 4.78 is 18.7. The number of rotatable bonds is 6. The minimum atomic E-state index is -0.661. The molecule has 0 unspecified atom stereocenters. The van der Waals surface area contributed by atoms with Gasteiger partial charge in [0.2, 0.25) is 0 Å². The zero-order chi connectivity index (χ0) is 25.1. The Hall–Kier alpha value is -4.43. The van der Waals surface area contributed by atoms with Crippen LogP contribution in [0.5, 0.6) is 0 Å². The van der Waals surface area contributed by atoms with Gasteiger partial charge in [-0.05, 0) is 43.3 Å². The number of nitrogens with one attached hydrogen (secondary N) is 1. The molecule has 1 N–H and O–H groups in total. The molecule has 1 amide bonds. The quantitative estimate of drug-likeness (QED) is 0.280. The Morgan fingerprint density at radius 1 is 0.917 bits per heavy atom. The number of para-hydroxylation sites is 1. The van der Waals surface area contributed by atoms with Crippen molar-refractivity contribution in [2.45, 2.75) is 6.92 Å². The zero-order valence-corrected chi connectivity index (χ0v) is 20.0. The number of halogens is 1. The molecule has 0 aliphatic heterocycles. The molecule has 36 heavy (non-hydrogen) atoms. The van der Waals surface area contributed by atoms with Crippen molar-refractivity contribution in [3.63, 3.8) is 0 Å². The smallest absolute Gasteiger partial charge is 0.339 e. The van der Waals surface area contributed by atoms with E-state index in [0.717, 1.165) is 16.8 Å². The minimum Gasteiger partial charge on any atom is -0.452 e. The van der Waals surface area contributed by atoms with Gasteiger partial charge in [-0.15, -0.1) is 11.3 Å². The number of benzene rings is 3. The van der Waals surface area contributed by atoms with Gasteiger partial charge in [0.1, 0.15) is 5.82 Å². The zero-order valence-electron chi connectivity index (χ0n) is 19.2. The number of aromatic nitrogens is 2. The molecule has 0 fully saturated rings. The molecule has 2 heterocycles. The Bertz CT molecular complexity index is 1560. The van der Waals surface area contributed by atoms with E-state index in [1.807, 2.05) is 42.6 Å². The number of aryl methyl sites for hydroxylation is 1. The Morgan fingerprint density at radius 3 is 2.39 bits per heavy atom. The number of carbonyl (C=O) groups is 2. The molecule has 0 aliphatic carbocycles. The van der Waals surface area contributed by atoms with Crippen LogP contribution in [0.15, 0.2) is 84.2 Å². The summed E-state index contributed by atoms with van der Waals surface area (Å²) in [5.74, 6) is -1.52. The van der Waals surface area contributed by atoms with Crippen molar-refractivity contribution in [2.75, 3.05) is 11.9 Å². The monoisotopic (exact) mass is 497 g/mol. The number of anilines is 1. The van der Waals surface area contributed by atoms with Crippen LogP contribution in [0.25, 0.3) is 33.4 Å². The number of amides is 1. The number of thiazole rings is 1. The molecular formula is C28H20FN3O3S. The molecule has 178 valence electrons. The van der Waals surface area contributed by atoms with Crippen molar-refractivity contribution in [2.24, 2.45) is 0 Å². The average Bonchev–Trinajstić information content (AvgIpc) is 3.35. The van der Waals surface area contributed by atoms with Crippen LogP contribution in [0.4, 0.5) is 9.52 Å². The number of esters is 1. The van der Waals surface area contributed by atoms with E-state index in [1.54, 1.807) is 36.4 Å². The molecule has 0 bridgehead atoms. The van der Waals surface area contributed by atoms with Crippen molar-refractivity contribution in [3.8, 4) is 22.5 Å². The molecule has 0 aliphatic rings. The first kappa shape index (κ1) is 23.3. The van der Waals surface area contributed by atoms with Gasteiger partial charge in [-0.1, -0.05) is 48.0 Å². The Kier molecular flexibility index (Phi) is 6.51. The number of hydrogen-bond donors (Lipinski definition) is 1. The number of carbonyl (C=O) groups excluding carboxylic acids is 2. The van der Waals surface area contributed by atoms with E-state index in [2.05, 4.69) is 15.3 Å². The summed E-state index contributed by atoms with van der Waals surface area (Å²) >= 11 is 1.29. The Morgan fingerprint density at radius 2 is 1.61 bits per heavy atom. The standard InChI is InChI=1S/C28H20FN3O3S/c1-17-6-8-19(9-7-17)25-16-36-28(31-25)32-26(33)15-35-27(34)22-14-24(18-10-12-20(29)13-11-18)30-23-5-3-2-4-21(22)23/h2-14,16H,15H2,1H3,(H,31,32,33). The normalized spacial score (nSPS) is 10.8. The van der Waals surface area contributed by atoms with Crippen molar-refractivity contribution < 1.29 is 18.7 Å².